The fourth-order valence-corrected chi connectivity index (χ4v) is 4.03. The van der Waals surface area contributed by atoms with E-state index in [2.05, 4.69) is 30.3 Å². The zero-order valence-electron chi connectivity index (χ0n) is 22.0. The molecule has 4 aromatic rings. The second kappa shape index (κ2) is 14.5. The maximum atomic E-state index is 11.4. The Bertz CT molecular complexity index is 1350. The van der Waals surface area contributed by atoms with E-state index in [4.69, 9.17) is 18.9 Å². The highest BCUT2D eigenvalue weighted by Gasteiger charge is 2.07. The summed E-state index contributed by atoms with van der Waals surface area (Å²) in [5.74, 6) is 0.632. The van der Waals surface area contributed by atoms with Crippen LogP contribution < -0.4 is 9.47 Å². The monoisotopic (exact) mass is 524 g/mol. The minimum Gasteiger partial charge on any atom is -0.491 e. The maximum absolute atomic E-state index is 11.4. The van der Waals surface area contributed by atoms with Crippen LogP contribution in [-0.2, 0) is 19.1 Å². The topological polar surface area (TPSA) is 71.1 Å². The average molecular weight is 525 g/mol. The molecule has 0 unspecified atom stereocenters. The fourth-order valence-electron chi connectivity index (χ4n) is 4.03. The quantitative estimate of drug-likeness (QED) is 0.110. The van der Waals surface area contributed by atoms with Crippen LogP contribution in [0.3, 0.4) is 0 Å². The lowest BCUT2D eigenvalue weighted by atomic mass is 9.98. The van der Waals surface area contributed by atoms with E-state index in [0.29, 0.717) is 25.6 Å². The molecule has 0 N–H and O–H groups in total. The molecule has 0 radical (unpaired) electrons. The number of hydrogen-bond donors (Lipinski definition) is 0. The summed E-state index contributed by atoms with van der Waals surface area (Å²) in [6, 6.07) is 32.2. The predicted octanol–water partition coefficient (Wildman–Crippen LogP) is 6.27. The van der Waals surface area contributed by atoms with Gasteiger partial charge in [0.1, 0.15) is 43.5 Å². The van der Waals surface area contributed by atoms with Crippen LogP contribution in [0.15, 0.2) is 103 Å². The maximum Gasteiger partial charge on any atom is 0.313 e. The Kier molecular flexibility index (Phi) is 10.3. The predicted molar refractivity (Wildman–Crippen MR) is 152 cm³/mol. The lowest BCUT2D eigenvalue weighted by molar-refractivity contribution is -0.146. The molecule has 0 bridgehead atoms. The Labute approximate surface area is 228 Å². The SMILES string of the molecule is CC(=O)CC(=O)OCCOc1ccc2ccc(OCCOCC=C(c3ccccc3)c3ccccc3)cc2c1. The molecule has 4 aromatic carbocycles. The summed E-state index contributed by atoms with van der Waals surface area (Å²) in [5, 5.41) is 2.02. The number of fused-ring (bicyclic) bond motifs is 1. The van der Waals surface area contributed by atoms with Gasteiger partial charge in [0.15, 0.2) is 0 Å². The van der Waals surface area contributed by atoms with Gasteiger partial charge in [-0.15, -0.1) is 0 Å². The highest BCUT2D eigenvalue weighted by molar-refractivity contribution is 5.94. The van der Waals surface area contributed by atoms with E-state index < -0.39 is 5.97 Å². The molecule has 0 saturated heterocycles. The van der Waals surface area contributed by atoms with Gasteiger partial charge in [-0.2, -0.15) is 0 Å². The number of hydrogen-bond acceptors (Lipinski definition) is 6. The summed E-state index contributed by atoms with van der Waals surface area (Å²) < 4.78 is 22.4. The Morgan fingerprint density at radius 1 is 0.667 bits per heavy atom. The number of benzene rings is 4. The summed E-state index contributed by atoms with van der Waals surface area (Å²) in [4.78, 5) is 22.4. The first-order valence-electron chi connectivity index (χ1n) is 12.9. The number of rotatable bonds is 14. The second-order valence-corrected chi connectivity index (χ2v) is 8.89. The van der Waals surface area contributed by atoms with Gasteiger partial charge in [-0.25, -0.2) is 0 Å². The van der Waals surface area contributed by atoms with Crippen LogP contribution in [0.1, 0.15) is 24.5 Å². The third-order valence-corrected chi connectivity index (χ3v) is 5.86. The van der Waals surface area contributed by atoms with Crippen LogP contribution in [0.2, 0.25) is 0 Å². The van der Waals surface area contributed by atoms with Crippen LogP contribution in [0.4, 0.5) is 0 Å². The smallest absolute Gasteiger partial charge is 0.313 e. The van der Waals surface area contributed by atoms with E-state index in [9.17, 15) is 9.59 Å². The molecular formula is C33H32O6. The molecule has 0 aliphatic carbocycles. The van der Waals surface area contributed by atoms with Crippen molar-refractivity contribution < 1.29 is 28.5 Å². The first-order valence-corrected chi connectivity index (χ1v) is 12.9. The Hall–Kier alpha value is -4.42. The summed E-state index contributed by atoms with van der Waals surface area (Å²) in [5.41, 5.74) is 3.44. The molecule has 0 heterocycles. The molecular weight excluding hydrogens is 492 g/mol. The molecule has 6 nitrogen and oxygen atoms in total. The third kappa shape index (κ3) is 8.83. The number of carbonyl (C=O) groups is 2. The van der Waals surface area contributed by atoms with Gasteiger partial charge in [-0.1, -0.05) is 78.9 Å². The number of esters is 1. The molecule has 0 aromatic heterocycles. The van der Waals surface area contributed by atoms with E-state index in [0.717, 1.165) is 33.2 Å². The summed E-state index contributed by atoms with van der Waals surface area (Å²) >= 11 is 0. The Morgan fingerprint density at radius 3 is 1.79 bits per heavy atom. The third-order valence-electron chi connectivity index (χ3n) is 5.86. The van der Waals surface area contributed by atoms with Gasteiger partial charge >= 0.3 is 5.97 Å². The molecule has 0 aliphatic heterocycles. The molecule has 0 saturated carbocycles. The largest absolute Gasteiger partial charge is 0.491 e. The molecule has 0 fully saturated rings. The molecule has 0 atom stereocenters. The van der Waals surface area contributed by atoms with Gasteiger partial charge in [0.2, 0.25) is 0 Å². The number of ketones is 1. The van der Waals surface area contributed by atoms with Gasteiger partial charge in [0.25, 0.3) is 0 Å². The molecule has 39 heavy (non-hydrogen) atoms. The van der Waals surface area contributed by atoms with E-state index in [1.54, 1.807) is 0 Å². The van der Waals surface area contributed by atoms with E-state index in [1.165, 1.54) is 6.92 Å². The molecule has 0 aliphatic rings. The number of carbonyl (C=O) groups excluding carboxylic acids is 2. The standard InChI is InChI=1S/C33H32O6/c1-25(34)22-33(35)39-21-20-38-31-15-13-26-12-14-30(23-29(26)24-31)37-19-18-36-17-16-32(27-8-4-2-5-9-27)28-10-6-3-7-11-28/h2-16,23-24H,17-22H2,1H3. The van der Waals surface area contributed by atoms with Gasteiger partial charge in [0, 0.05) is 0 Å². The fraction of sp³-hybridized carbons (Fsp3) is 0.212. The van der Waals surface area contributed by atoms with Crippen LogP contribution in [0.5, 0.6) is 11.5 Å². The highest BCUT2D eigenvalue weighted by atomic mass is 16.6. The molecule has 4 rings (SSSR count). The molecule has 0 amide bonds. The van der Waals surface area contributed by atoms with Crippen molar-refractivity contribution in [1.29, 1.82) is 0 Å². The Morgan fingerprint density at radius 2 is 1.23 bits per heavy atom. The minimum atomic E-state index is -0.542. The number of ether oxygens (including phenoxy) is 4. The van der Waals surface area contributed by atoms with E-state index in [-0.39, 0.29) is 25.4 Å². The highest BCUT2D eigenvalue weighted by Crippen LogP contribution is 2.25. The van der Waals surface area contributed by atoms with Crippen molar-refractivity contribution in [2.45, 2.75) is 13.3 Å². The van der Waals surface area contributed by atoms with Crippen molar-refractivity contribution in [3.8, 4) is 11.5 Å². The van der Waals surface area contributed by atoms with Crippen LogP contribution in [0.25, 0.3) is 16.3 Å². The molecule has 0 spiro atoms. The zero-order chi connectivity index (χ0) is 27.3. The van der Waals surface area contributed by atoms with Gasteiger partial charge < -0.3 is 18.9 Å². The van der Waals surface area contributed by atoms with Gasteiger partial charge in [0.05, 0.1) is 13.2 Å². The average Bonchev–Trinajstić information content (AvgIpc) is 2.95. The zero-order valence-corrected chi connectivity index (χ0v) is 22.0. The van der Waals surface area contributed by atoms with Gasteiger partial charge in [-0.05, 0) is 58.7 Å². The summed E-state index contributed by atoms with van der Waals surface area (Å²) in [6.45, 7) is 2.99. The van der Waals surface area contributed by atoms with Crippen molar-refractivity contribution >= 4 is 28.1 Å². The van der Waals surface area contributed by atoms with Crippen LogP contribution in [-0.4, -0.2) is 44.8 Å². The van der Waals surface area contributed by atoms with Crippen molar-refractivity contribution in [2.75, 3.05) is 33.0 Å². The lowest BCUT2D eigenvalue weighted by Crippen LogP contribution is -2.14. The van der Waals surface area contributed by atoms with Crippen LogP contribution >= 0.6 is 0 Å². The summed E-state index contributed by atoms with van der Waals surface area (Å²) in [7, 11) is 0. The molecule has 200 valence electrons. The first-order chi connectivity index (χ1) is 19.1. The van der Waals surface area contributed by atoms with Crippen molar-refractivity contribution in [1.82, 2.24) is 0 Å². The van der Waals surface area contributed by atoms with Gasteiger partial charge in [-0.3, -0.25) is 9.59 Å². The second-order valence-electron chi connectivity index (χ2n) is 8.89. The van der Waals surface area contributed by atoms with Crippen molar-refractivity contribution in [3.63, 3.8) is 0 Å². The normalized spacial score (nSPS) is 10.6. The van der Waals surface area contributed by atoms with Crippen molar-refractivity contribution in [3.05, 3.63) is 114 Å². The van der Waals surface area contributed by atoms with Crippen molar-refractivity contribution in [2.24, 2.45) is 0 Å². The number of Topliss-reactive ketones (excluding diaryl/α,β-unsaturated/α-hetero) is 1. The minimum absolute atomic E-state index is 0.0840. The first kappa shape index (κ1) is 27.6. The van der Waals surface area contributed by atoms with E-state index in [1.807, 2.05) is 72.8 Å². The van der Waals surface area contributed by atoms with Crippen LogP contribution in [0, 0.1) is 0 Å². The lowest BCUT2D eigenvalue weighted by Gasteiger charge is -2.11. The van der Waals surface area contributed by atoms with E-state index >= 15 is 0 Å². The molecule has 6 heteroatoms. The Balaban J connectivity index is 1.25. The summed E-state index contributed by atoms with van der Waals surface area (Å²) in [6.07, 6.45) is 1.88.